The lowest BCUT2D eigenvalue weighted by molar-refractivity contribution is 0.0705. The highest BCUT2D eigenvalue weighted by molar-refractivity contribution is 5.29. The van der Waals surface area contributed by atoms with Gasteiger partial charge in [-0.3, -0.25) is 0 Å². The lowest BCUT2D eigenvalue weighted by Gasteiger charge is -2.46. The second-order valence-electron chi connectivity index (χ2n) is 8.29. The molecule has 0 aromatic rings. The molecule has 5 atom stereocenters. The fourth-order valence-corrected chi connectivity index (χ4v) is 6.40. The maximum Gasteiger partial charge on any atom is 0.0752 e. The van der Waals surface area contributed by atoms with Crippen molar-refractivity contribution in [3.05, 3.63) is 11.6 Å². The first-order chi connectivity index (χ1) is 9.42. The highest BCUT2D eigenvalue weighted by atomic mass is 16.5. The van der Waals surface area contributed by atoms with E-state index in [9.17, 15) is 0 Å². The van der Waals surface area contributed by atoms with Crippen LogP contribution >= 0.6 is 0 Å². The minimum atomic E-state index is 0.310. The normalized spacial score (nSPS) is 48.6. The van der Waals surface area contributed by atoms with Crippen LogP contribution in [0.25, 0.3) is 0 Å². The van der Waals surface area contributed by atoms with Crippen molar-refractivity contribution in [3.8, 4) is 0 Å². The summed E-state index contributed by atoms with van der Waals surface area (Å²) < 4.78 is 5.62. The van der Waals surface area contributed by atoms with Crippen molar-refractivity contribution in [2.24, 2.45) is 22.2 Å². The van der Waals surface area contributed by atoms with Crippen LogP contribution in [0.5, 0.6) is 0 Å². The molecular weight excluding hydrogens is 244 g/mol. The van der Waals surface area contributed by atoms with Gasteiger partial charge in [0.2, 0.25) is 0 Å². The van der Waals surface area contributed by atoms with E-state index in [1.807, 2.05) is 7.11 Å². The third-order valence-electron chi connectivity index (χ3n) is 7.75. The van der Waals surface area contributed by atoms with E-state index in [4.69, 9.17) is 4.74 Å². The minimum absolute atomic E-state index is 0.310. The van der Waals surface area contributed by atoms with E-state index >= 15 is 0 Å². The second-order valence-corrected chi connectivity index (χ2v) is 8.29. The molecule has 0 heterocycles. The van der Waals surface area contributed by atoms with Crippen molar-refractivity contribution in [1.29, 1.82) is 0 Å². The van der Waals surface area contributed by atoms with Crippen molar-refractivity contribution in [2.45, 2.75) is 78.7 Å². The van der Waals surface area contributed by atoms with E-state index in [1.54, 1.807) is 5.57 Å². The molecule has 20 heavy (non-hydrogen) atoms. The van der Waals surface area contributed by atoms with Crippen LogP contribution in [0.3, 0.4) is 0 Å². The number of ether oxygens (including phenoxy) is 1. The fraction of sp³-hybridized carbons (Fsp3) is 0.895. The van der Waals surface area contributed by atoms with Gasteiger partial charge in [0.15, 0.2) is 0 Å². The van der Waals surface area contributed by atoms with Gasteiger partial charge in [0.1, 0.15) is 0 Å². The molecule has 3 saturated carbocycles. The molecule has 1 heteroatoms. The maximum atomic E-state index is 5.62. The third-order valence-corrected chi connectivity index (χ3v) is 7.75. The van der Waals surface area contributed by atoms with Crippen LogP contribution in [0.15, 0.2) is 11.6 Å². The molecule has 3 aliphatic carbocycles. The second kappa shape index (κ2) is 4.60. The van der Waals surface area contributed by atoms with E-state index in [1.165, 1.54) is 38.5 Å². The number of hydrogen-bond donors (Lipinski definition) is 0. The average Bonchev–Trinajstić information content (AvgIpc) is 2.74. The van der Waals surface area contributed by atoms with Crippen molar-refractivity contribution < 1.29 is 4.74 Å². The summed E-state index contributed by atoms with van der Waals surface area (Å²) in [4.78, 5) is 0. The highest BCUT2D eigenvalue weighted by Crippen LogP contribution is 2.78. The highest BCUT2D eigenvalue weighted by Gasteiger charge is 2.70. The molecule has 3 aliphatic rings. The quantitative estimate of drug-likeness (QED) is 0.629. The Bertz CT molecular complexity index is 421. The number of rotatable bonds is 4. The molecule has 0 aromatic carbocycles. The molecule has 3 fully saturated rings. The minimum Gasteiger partial charge on any atom is -0.377 e. The summed E-state index contributed by atoms with van der Waals surface area (Å²) in [5.74, 6) is 0.930. The first kappa shape index (κ1) is 14.6. The zero-order chi connectivity index (χ0) is 14.6. The topological polar surface area (TPSA) is 9.23 Å². The van der Waals surface area contributed by atoms with E-state index in [2.05, 4.69) is 33.8 Å². The molecule has 0 radical (unpaired) electrons. The Labute approximate surface area is 125 Å². The monoisotopic (exact) mass is 276 g/mol. The van der Waals surface area contributed by atoms with Crippen molar-refractivity contribution in [3.63, 3.8) is 0 Å². The van der Waals surface area contributed by atoms with Gasteiger partial charge in [-0.05, 0) is 67.6 Å². The van der Waals surface area contributed by atoms with Crippen LogP contribution in [-0.2, 0) is 4.74 Å². The first-order valence-corrected chi connectivity index (χ1v) is 8.63. The number of hydrogen-bond acceptors (Lipinski definition) is 1. The molecule has 3 rings (SSSR count). The summed E-state index contributed by atoms with van der Waals surface area (Å²) in [6, 6.07) is 0. The van der Waals surface area contributed by atoms with Gasteiger partial charge in [0.05, 0.1) is 6.10 Å². The Morgan fingerprint density at radius 2 is 2.05 bits per heavy atom. The van der Waals surface area contributed by atoms with Crippen LogP contribution in [0, 0.1) is 22.2 Å². The summed E-state index contributed by atoms with van der Waals surface area (Å²) in [7, 11) is 1.85. The first-order valence-electron chi connectivity index (χ1n) is 8.63. The summed E-state index contributed by atoms with van der Waals surface area (Å²) in [6.45, 7) is 9.81. The van der Waals surface area contributed by atoms with Crippen LogP contribution < -0.4 is 0 Å². The van der Waals surface area contributed by atoms with E-state index < -0.39 is 0 Å². The average molecular weight is 276 g/mol. The van der Waals surface area contributed by atoms with Gasteiger partial charge in [-0.25, -0.2) is 0 Å². The standard InChI is InChI=1S/C19H32O/c1-6-15(20-5)12-14(2)19-10-7-9-18(4)16(19)8-11-17(18,3)13-19/h12,15-16H,6-11,13H2,1-5H3/b14-12+. The molecule has 0 aromatic heterocycles. The zero-order valence-corrected chi connectivity index (χ0v) is 14.1. The van der Waals surface area contributed by atoms with Gasteiger partial charge in [0.25, 0.3) is 0 Å². The Hall–Kier alpha value is -0.300. The molecular formula is C19H32O. The molecule has 5 unspecified atom stereocenters. The summed E-state index contributed by atoms with van der Waals surface area (Å²) >= 11 is 0. The SMILES string of the molecule is CCC(/C=C(\C)C12CCCC3(C)C1CCC3(C)C2)OC. The number of methoxy groups -OCH3 is 1. The van der Waals surface area contributed by atoms with Gasteiger partial charge >= 0.3 is 0 Å². The lowest BCUT2D eigenvalue weighted by atomic mass is 9.59. The molecule has 0 N–H and O–H groups in total. The van der Waals surface area contributed by atoms with Gasteiger partial charge in [-0.2, -0.15) is 0 Å². The molecule has 114 valence electrons. The van der Waals surface area contributed by atoms with Crippen LogP contribution in [0.1, 0.15) is 72.6 Å². The van der Waals surface area contributed by atoms with E-state index in [0.717, 1.165) is 12.3 Å². The van der Waals surface area contributed by atoms with Crippen molar-refractivity contribution in [1.82, 2.24) is 0 Å². The summed E-state index contributed by atoms with van der Waals surface area (Å²) in [5, 5.41) is 0. The van der Waals surface area contributed by atoms with Crippen molar-refractivity contribution in [2.75, 3.05) is 7.11 Å². The Morgan fingerprint density at radius 3 is 2.70 bits per heavy atom. The predicted octanol–water partition coefficient (Wildman–Crippen LogP) is 5.35. The molecule has 0 spiro atoms. The van der Waals surface area contributed by atoms with Crippen molar-refractivity contribution >= 4 is 0 Å². The molecule has 0 aliphatic heterocycles. The van der Waals surface area contributed by atoms with Gasteiger partial charge < -0.3 is 4.74 Å². The van der Waals surface area contributed by atoms with Gasteiger partial charge in [0, 0.05) is 7.11 Å². The predicted molar refractivity (Wildman–Crippen MR) is 84.7 cm³/mol. The summed E-state index contributed by atoms with van der Waals surface area (Å²) in [6.07, 6.45) is 12.5. The third kappa shape index (κ3) is 1.65. The van der Waals surface area contributed by atoms with E-state index in [-0.39, 0.29) is 0 Å². The van der Waals surface area contributed by atoms with Crippen LogP contribution in [-0.4, -0.2) is 13.2 Å². The lowest BCUT2D eigenvalue weighted by Crippen LogP contribution is -2.37. The molecule has 0 amide bonds. The molecule has 1 nitrogen and oxygen atoms in total. The fourth-order valence-electron chi connectivity index (χ4n) is 6.40. The van der Waals surface area contributed by atoms with E-state index in [0.29, 0.717) is 22.3 Å². The summed E-state index contributed by atoms with van der Waals surface area (Å²) in [5.41, 5.74) is 3.35. The Morgan fingerprint density at radius 1 is 1.30 bits per heavy atom. The van der Waals surface area contributed by atoms with Crippen LogP contribution in [0.2, 0.25) is 0 Å². The number of allylic oxidation sites excluding steroid dienone is 1. The largest absolute Gasteiger partial charge is 0.377 e. The van der Waals surface area contributed by atoms with Gasteiger partial charge in [-0.15, -0.1) is 0 Å². The zero-order valence-electron chi connectivity index (χ0n) is 14.1. The van der Waals surface area contributed by atoms with Gasteiger partial charge in [-0.1, -0.05) is 38.8 Å². The Kier molecular flexibility index (Phi) is 3.36. The Balaban J connectivity index is 1.97. The smallest absolute Gasteiger partial charge is 0.0752 e. The maximum absolute atomic E-state index is 5.62. The molecule has 0 saturated heterocycles. The van der Waals surface area contributed by atoms with Crippen LogP contribution in [0.4, 0.5) is 0 Å². The molecule has 4 bridgehead atoms.